The van der Waals surface area contributed by atoms with E-state index in [0.717, 1.165) is 47.0 Å². The Kier molecular flexibility index (Phi) is 4.06. The Morgan fingerprint density at radius 3 is 2.96 bits per heavy atom. The maximum absolute atomic E-state index is 12.2. The van der Waals surface area contributed by atoms with Crippen molar-refractivity contribution in [3.8, 4) is 11.3 Å². The molecular formula is C18H16BrN3O2. The van der Waals surface area contributed by atoms with Crippen molar-refractivity contribution < 1.29 is 4.42 Å². The van der Waals surface area contributed by atoms with Crippen LogP contribution < -0.4 is 5.56 Å². The minimum Gasteiger partial charge on any atom is -0.439 e. The summed E-state index contributed by atoms with van der Waals surface area (Å²) in [5.74, 6) is 1.16. The second-order valence-electron chi connectivity index (χ2n) is 5.95. The fraction of sp³-hybridized carbons (Fsp3) is 0.278. The van der Waals surface area contributed by atoms with E-state index in [4.69, 9.17) is 4.42 Å². The molecule has 2 heterocycles. The molecule has 0 atom stereocenters. The molecule has 1 aliphatic rings. The number of hydrogen-bond acceptors (Lipinski definition) is 4. The summed E-state index contributed by atoms with van der Waals surface area (Å²) in [7, 11) is 0. The summed E-state index contributed by atoms with van der Waals surface area (Å²) in [6, 6.07) is 9.53. The summed E-state index contributed by atoms with van der Waals surface area (Å²) >= 11 is 3.45. The van der Waals surface area contributed by atoms with E-state index >= 15 is 0 Å². The van der Waals surface area contributed by atoms with Crippen LogP contribution in [0.25, 0.3) is 11.3 Å². The third kappa shape index (κ3) is 3.06. The number of rotatable bonds is 3. The van der Waals surface area contributed by atoms with Crippen LogP contribution >= 0.6 is 15.9 Å². The molecule has 0 amide bonds. The number of nitrogens with zero attached hydrogens (tertiary/aromatic N) is 3. The van der Waals surface area contributed by atoms with Crippen LogP contribution in [0.1, 0.15) is 30.0 Å². The smallest absolute Gasteiger partial charge is 0.267 e. The lowest BCUT2D eigenvalue weighted by atomic mass is 9.97. The quantitative estimate of drug-likeness (QED) is 0.690. The van der Waals surface area contributed by atoms with E-state index in [0.29, 0.717) is 11.7 Å². The standard InChI is InChI=1S/C18H16BrN3O2/c19-14-6-3-5-13(8-14)16-10-20-17(24-16)11-22-18(23)9-12-4-1-2-7-15(12)21-22/h3,5-6,8-10H,1-2,4,7,11H2. The van der Waals surface area contributed by atoms with Crippen molar-refractivity contribution in [1.29, 1.82) is 0 Å². The highest BCUT2D eigenvalue weighted by Crippen LogP contribution is 2.24. The molecule has 6 heteroatoms. The van der Waals surface area contributed by atoms with E-state index in [1.807, 2.05) is 24.3 Å². The van der Waals surface area contributed by atoms with Gasteiger partial charge in [-0.1, -0.05) is 28.1 Å². The van der Waals surface area contributed by atoms with Gasteiger partial charge in [-0.3, -0.25) is 4.79 Å². The lowest BCUT2D eigenvalue weighted by Gasteiger charge is -2.15. The van der Waals surface area contributed by atoms with Gasteiger partial charge in [0.15, 0.2) is 5.76 Å². The van der Waals surface area contributed by atoms with E-state index in [2.05, 4.69) is 26.0 Å². The Bertz CT molecular complexity index is 945. The molecule has 0 radical (unpaired) electrons. The van der Waals surface area contributed by atoms with Crippen LogP contribution in [0.5, 0.6) is 0 Å². The van der Waals surface area contributed by atoms with Crippen LogP contribution in [0.4, 0.5) is 0 Å². The van der Waals surface area contributed by atoms with Gasteiger partial charge < -0.3 is 4.42 Å². The van der Waals surface area contributed by atoms with Crippen molar-refractivity contribution in [2.24, 2.45) is 0 Å². The SMILES string of the molecule is O=c1cc2c(nn1Cc1ncc(-c3cccc(Br)c3)o1)CCCC2. The predicted octanol–water partition coefficient (Wildman–Crippen LogP) is 3.59. The number of hydrogen-bond donors (Lipinski definition) is 0. The van der Waals surface area contributed by atoms with Gasteiger partial charge in [-0.15, -0.1) is 0 Å². The van der Waals surface area contributed by atoms with Gasteiger partial charge in [0.1, 0.15) is 6.54 Å². The molecule has 0 saturated heterocycles. The summed E-state index contributed by atoms with van der Waals surface area (Å²) in [5, 5.41) is 4.50. The van der Waals surface area contributed by atoms with Crippen LogP contribution in [0, 0.1) is 0 Å². The number of halogens is 1. The fourth-order valence-electron chi connectivity index (χ4n) is 3.00. The van der Waals surface area contributed by atoms with E-state index in [1.54, 1.807) is 12.3 Å². The highest BCUT2D eigenvalue weighted by molar-refractivity contribution is 9.10. The largest absolute Gasteiger partial charge is 0.439 e. The van der Waals surface area contributed by atoms with Gasteiger partial charge in [-0.05, 0) is 43.4 Å². The number of benzene rings is 1. The fourth-order valence-corrected chi connectivity index (χ4v) is 3.40. The average molecular weight is 386 g/mol. The molecule has 0 bridgehead atoms. The zero-order valence-electron chi connectivity index (χ0n) is 13.0. The van der Waals surface area contributed by atoms with Crippen molar-refractivity contribution in [3.05, 3.63) is 68.5 Å². The number of oxazole rings is 1. The zero-order valence-corrected chi connectivity index (χ0v) is 14.6. The first kappa shape index (κ1) is 15.3. The Balaban J connectivity index is 1.61. The molecule has 1 aromatic carbocycles. The summed E-state index contributed by atoms with van der Waals surface area (Å²) < 4.78 is 8.22. The lowest BCUT2D eigenvalue weighted by Crippen LogP contribution is -2.26. The Morgan fingerprint density at radius 2 is 2.08 bits per heavy atom. The highest BCUT2D eigenvalue weighted by atomic mass is 79.9. The van der Waals surface area contributed by atoms with Crippen LogP contribution in [-0.2, 0) is 19.4 Å². The second kappa shape index (κ2) is 6.36. The monoisotopic (exact) mass is 385 g/mol. The van der Waals surface area contributed by atoms with Gasteiger partial charge in [-0.2, -0.15) is 5.10 Å². The highest BCUT2D eigenvalue weighted by Gasteiger charge is 2.15. The van der Waals surface area contributed by atoms with Crippen LogP contribution in [0.3, 0.4) is 0 Å². The van der Waals surface area contributed by atoms with E-state index in [9.17, 15) is 4.79 Å². The van der Waals surface area contributed by atoms with Gasteiger partial charge in [0, 0.05) is 16.1 Å². The third-order valence-electron chi connectivity index (χ3n) is 4.22. The molecule has 0 fully saturated rings. The summed E-state index contributed by atoms with van der Waals surface area (Å²) in [6.45, 7) is 0.250. The van der Waals surface area contributed by atoms with Gasteiger partial charge >= 0.3 is 0 Å². The molecule has 0 saturated carbocycles. The molecular weight excluding hydrogens is 370 g/mol. The zero-order chi connectivity index (χ0) is 16.5. The summed E-state index contributed by atoms with van der Waals surface area (Å²) in [6.07, 6.45) is 5.83. The number of aryl methyl sites for hydroxylation is 2. The van der Waals surface area contributed by atoms with Crippen molar-refractivity contribution in [2.75, 3.05) is 0 Å². The minimum atomic E-state index is -0.0992. The first-order valence-electron chi connectivity index (χ1n) is 7.99. The Hall–Kier alpha value is -2.21. The number of aromatic nitrogens is 3. The van der Waals surface area contributed by atoms with Crippen molar-refractivity contribution in [3.63, 3.8) is 0 Å². The van der Waals surface area contributed by atoms with Gasteiger partial charge in [0.2, 0.25) is 5.89 Å². The van der Waals surface area contributed by atoms with E-state index in [1.165, 1.54) is 4.68 Å². The normalized spacial score (nSPS) is 13.7. The Labute approximate surface area is 147 Å². The van der Waals surface area contributed by atoms with E-state index in [-0.39, 0.29) is 12.1 Å². The first-order valence-corrected chi connectivity index (χ1v) is 8.79. The van der Waals surface area contributed by atoms with E-state index < -0.39 is 0 Å². The molecule has 0 aliphatic heterocycles. The molecule has 0 unspecified atom stereocenters. The molecule has 24 heavy (non-hydrogen) atoms. The molecule has 1 aliphatic carbocycles. The van der Waals surface area contributed by atoms with Crippen LogP contribution in [0.2, 0.25) is 0 Å². The maximum Gasteiger partial charge on any atom is 0.267 e. The second-order valence-corrected chi connectivity index (χ2v) is 6.86. The van der Waals surface area contributed by atoms with Crippen molar-refractivity contribution in [2.45, 2.75) is 32.2 Å². The van der Waals surface area contributed by atoms with Gasteiger partial charge in [0.05, 0.1) is 11.9 Å². The molecule has 0 spiro atoms. The third-order valence-corrected chi connectivity index (χ3v) is 4.71. The van der Waals surface area contributed by atoms with Gasteiger partial charge in [-0.25, -0.2) is 9.67 Å². The maximum atomic E-state index is 12.2. The molecule has 3 aromatic rings. The van der Waals surface area contributed by atoms with Crippen molar-refractivity contribution >= 4 is 15.9 Å². The van der Waals surface area contributed by atoms with Crippen LogP contribution in [-0.4, -0.2) is 14.8 Å². The Morgan fingerprint density at radius 1 is 1.21 bits per heavy atom. The number of fused-ring (bicyclic) bond motifs is 1. The molecule has 0 N–H and O–H groups in total. The average Bonchev–Trinajstić information content (AvgIpc) is 3.04. The van der Waals surface area contributed by atoms with Gasteiger partial charge in [0.25, 0.3) is 5.56 Å². The first-order chi connectivity index (χ1) is 11.7. The molecule has 4 rings (SSSR count). The lowest BCUT2D eigenvalue weighted by molar-refractivity contribution is 0.458. The predicted molar refractivity (Wildman–Crippen MR) is 93.9 cm³/mol. The molecule has 122 valence electrons. The van der Waals surface area contributed by atoms with Crippen molar-refractivity contribution in [1.82, 2.24) is 14.8 Å². The summed E-state index contributed by atoms with van der Waals surface area (Å²) in [4.78, 5) is 16.5. The molecule has 2 aromatic heterocycles. The minimum absolute atomic E-state index is 0.0992. The summed E-state index contributed by atoms with van der Waals surface area (Å²) in [5.41, 5.74) is 2.95. The topological polar surface area (TPSA) is 60.9 Å². The van der Waals surface area contributed by atoms with Crippen LogP contribution in [0.15, 0.2) is 50.2 Å². The molecule has 5 nitrogen and oxygen atoms in total.